The summed E-state index contributed by atoms with van der Waals surface area (Å²) in [4.78, 5) is 13.2. The van der Waals surface area contributed by atoms with Gasteiger partial charge in [-0.05, 0) is 70.6 Å². The second-order valence-corrected chi connectivity index (χ2v) is 21.8. The number of rotatable bonds is 49. The Labute approximate surface area is 466 Å². The van der Waals surface area contributed by atoms with E-state index in [2.05, 4.69) is 67.8 Å². The molecule has 77 heavy (non-hydrogen) atoms. The van der Waals surface area contributed by atoms with Gasteiger partial charge in [0.1, 0.15) is 48.8 Å². The van der Waals surface area contributed by atoms with E-state index in [1.165, 1.54) is 128 Å². The summed E-state index contributed by atoms with van der Waals surface area (Å²) < 4.78 is 22.7. The molecule has 12 atom stereocenters. The zero-order valence-electron chi connectivity index (χ0n) is 48.2. The number of aliphatic hydroxyl groups is 8. The fraction of sp³-hybridized carbons (Fsp3) is 0.825. The molecular formula is C63H113NO13. The molecule has 2 saturated heterocycles. The van der Waals surface area contributed by atoms with Crippen LogP contribution in [0.25, 0.3) is 0 Å². The lowest BCUT2D eigenvalue weighted by molar-refractivity contribution is -0.359. The van der Waals surface area contributed by atoms with Gasteiger partial charge in [-0.15, -0.1) is 0 Å². The number of allylic oxidation sites excluding steroid dienone is 9. The Kier molecular flexibility index (Phi) is 44.5. The second kappa shape index (κ2) is 48.4. The summed E-state index contributed by atoms with van der Waals surface area (Å²) in [6.45, 7) is 2.70. The summed E-state index contributed by atoms with van der Waals surface area (Å²) in [5, 5.41) is 87.0. The lowest BCUT2D eigenvalue weighted by atomic mass is 9.97. The number of amides is 1. The van der Waals surface area contributed by atoms with Crippen molar-refractivity contribution in [2.24, 2.45) is 0 Å². The normalized spacial score (nSPS) is 25.1. The molecule has 12 unspecified atom stereocenters. The van der Waals surface area contributed by atoms with Crippen LogP contribution in [-0.2, 0) is 23.7 Å². The largest absolute Gasteiger partial charge is 0.394 e. The smallest absolute Gasteiger partial charge is 0.220 e. The van der Waals surface area contributed by atoms with Crippen LogP contribution in [0, 0.1) is 0 Å². The lowest BCUT2D eigenvalue weighted by Gasteiger charge is -2.46. The number of hydrogen-bond donors (Lipinski definition) is 9. The van der Waals surface area contributed by atoms with E-state index >= 15 is 0 Å². The average molecular weight is 1090 g/mol. The van der Waals surface area contributed by atoms with Crippen molar-refractivity contribution in [3.8, 4) is 0 Å². The van der Waals surface area contributed by atoms with Crippen LogP contribution < -0.4 is 5.32 Å². The van der Waals surface area contributed by atoms with Crippen molar-refractivity contribution >= 4 is 5.91 Å². The predicted molar refractivity (Wildman–Crippen MR) is 309 cm³/mol. The molecule has 0 spiro atoms. The number of carbonyl (C=O) groups excluding carboxylic acids is 1. The molecule has 0 bridgehead atoms. The number of carbonyl (C=O) groups is 1. The predicted octanol–water partition coefficient (Wildman–Crippen LogP) is 10.9. The maximum absolute atomic E-state index is 13.2. The van der Waals surface area contributed by atoms with Crippen LogP contribution in [0.2, 0.25) is 0 Å². The lowest BCUT2D eigenvalue weighted by Crippen LogP contribution is -2.65. The van der Waals surface area contributed by atoms with E-state index in [4.69, 9.17) is 18.9 Å². The van der Waals surface area contributed by atoms with Crippen molar-refractivity contribution in [1.29, 1.82) is 0 Å². The fourth-order valence-corrected chi connectivity index (χ4v) is 9.89. The van der Waals surface area contributed by atoms with Gasteiger partial charge in [0.2, 0.25) is 5.91 Å². The van der Waals surface area contributed by atoms with Gasteiger partial charge in [0.15, 0.2) is 12.6 Å². The van der Waals surface area contributed by atoms with Crippen LogP contribution >= 0.6 is 0 Å². The molecule has 0 aromatic rings. The van der Waals surface area contributed by atoms with Crippen LogP contribution in [-0.4, -0.2) is 140 Å². The monoisotopic (exact) mass is 1090 g/mol. The fourth-order valence-electron chi connectivity index (χ4n) is 9.89. The Balaban J connectivity index is 1.72. The minimum Gasteiger partial charge on any atom is -0.394 e. The Bertz CT molecular complexity index is 1520. The number of ether oxygens (including phenoxy) is 4. The van der Waals surface area contributed by atoms with Crippen LogP contribution in [0.3, 0.4) is 0 Å². The molecule has 2 heterocycles. The van der Waals surface area contributed by atoms with Gasteiger partial charge < -0.3 is 65.1 Å². The van der Waals surface area contributed by atoms with Crippen molar-refractivity contribution in [3.63, 3.8) is 0 Å². The van der Waals surface area contributed by atoms with E-state index < -0.39 is 86.8 Å². The van der Waals surface area contributed by atoms with Crippen molar-refractivity contribution in [2.75, 3.05) is 19.8 Å². The third-order valence-corrected chi connectivity index (χ3v) is 14.9. The SMILES string of the molecule is CCC/C=C\C/C=C\CCCCCCCC(=O)NC(COC1OC(CO)C(OC2OC(CO)C(O)C(O)C2O)C(O)C1O)C(O)/C=C/CC/C=C/CC/C=C/CCCCCCCCCCCCCCCCCCCCCC. The van der Waals surface area contributed by atoms with Gasteiger partial charge in [0.25, 0.3) is 0 Å². The van der Waals surface area contributed by atoms with E-state index in [9.17, 15) is 45.6 Å². The maximum Gasteiger partial charge on any atom is 0.220 e. The average Bonchev–Trinajstić information content (AvgIpc) is 3.44. The molecule has 0 aromatic heterocycles. The Hall–Kier alpha value is -2.31. The van der Waals surface area contributed by atoms with Crippen molar-refractivity contribution < 1.29 is 64.6 Å². The molecule has 2 aliphatic heterocycles. The van der Waals surface area contributed by atoms with Crippen molar-refractivity contribution in [3.05, 3.63) is 60.8 Å². The van der Waals surface area contributed by atoms with Gasteiger partial charge in [-0.25, -0.2) is 0 Å². The zero-order valence-corrected chi connectivity index (χ0v) is 48.2. The highest BCUT2D eigenvalue weighted by atomic mass is 16.7. The van der Waals surface area contributed by atoms with E-state index in [1.807, 2.05) is 6.08 Å². The van der Waals surface area contributed by atoms with Crippen LogP contribution in [0.5, 0.6) is 0 Å². The highest BCUT2D eigenvalue weighted by molar-refractivity contribution is 5.76. The summed E-state index contributed by atoms with van der Waals surface area (Å²) in [5.74, 6) is -0.269. The molecule has 0 aliphatic carbocycles. The molecular weight excluding hydrogens is 979 g/mol. The molecule has 0 aromatic carbocycles. The summed E-state index contributed by atoms with van der Waals surface area (Å²) in [6, 6.07) is -0.947. The first-order chi connectivity index (χ1) is 37.6. The molecule has 2 rings (SSSR count). The Morgan fingerprint density at radius 2 is 0.896 bits per heavy atom. The van der Waals surface area contributed by atoms with Crippen molar-refractivity contribution in [1.82, 2.24) is 5.32 Å². The van der Waals surface area contributed by atoms with Gasteiger partial charge in [-0.3, -0.25) is 4.79 Å². The molecule has 1 amide bonds. The molecule has 448 valence electrons. The summed E-state index contributed by atoms with van der Waals surface area (Å²) in [7, 11) is 0. The highest BCUT2D eigenvalue weighted by Gasteiger charge is 2.51. The number of hydrogen-bond acceptors (Lipinski definition) is 13. The van der Waals surface area contributed by atoms with Crippen LogP contribution in [0.1, 0.15) is 239 Å². The Morgan fingerprint density at radius 1 is 0.468 bits per heavy atom. The molecule has 0 radical (unpaired) electrons. The molecule has 2 fully saturated rings. The topological polar surface area (TPSA) is 228 Å². The third kappa shape index (κ3) is 33.9. The molecule has 2 aliphatic rings. The first kappa shape index (κ1) is 70.8. The second-order valence-electron chi connectivity index (χ2n) is 21.8. The summed E-state index contributed by atoms with van der Waals surface area (Å²) >= 11 is 0. The van der Waals surface area contributed by atoms with Gasteiger partial charge in [0, 0.05) is 6.42 Å². The first-order valence-corrected chi connectivity index (χ1v) is 31.0. The van der Waals surface area contributed by atoms with E-state index in [0.29, 0.717) is 12.8 Å². The quantitative estimate of drug-likeness (QED) is 0.0204. The van der Waals surface area contributed by atoms with Gasteiger partial charge >= 0.3 is 0 Å². The molecule has 9 N–H and O–H groups in total. The summed E-state index contributed by atoms with van der Waals surface area (Å²) in [5.41, 5.74) is 0. The number of nitrogens with one attached hydrogen (secondary N) is 1. The number of aliphatic hydroxyl groups excluding tert-OH is 8. The summed E-state index contributed by atoms with van der Waals surface area (Å²) in [6.07, 6.45) is 45.8. The van der Waals surface area contributed by atoms with Gasteiger partial charge in [-0.1, -0.05) is 222 Å². The first-order valence-electron chi connectivity index (χ1n) is 31.0. The molecule has 0 saturated carbocycles. The van der Waals surface area contributed by atoms with E-state index in [-0.39, 0.29) is 18.9 Å². The highest BCUT2D eigenvalue weighted by Crippen LogP contribution is 2.30. The number of unbranched alkanes of at least 4 members (excludes halogenated alkanes) is 28. The van der Waals surface area contributed by atoms with E-state index in [1.54, 1.807) is 6.08 Å². The minimum atomic E-state index is -1.80. The zero-order chi connectivity index (χ0) is 56.0. The van der Waals surface area contributed by atoms with Crippen LogP contribution in [0.15, 0.2) is 60.8 Å². The van der Waals surface area contributed by atoms with Gasteiger partial charge in [-0.2, -0.15) is 0 Å². The Morgan fingerprint density at radius 3 is 1.40 bits per heavy atom. The standard InChI is InChI=1S/C63H113NO13/c1-3-5-7-9-11-13-15-17-18-19-20-21-22-23-24-25-26-27-28-29-30-31-32-33-35-36-38-40-42-44-46-52(67)51(64-55(68)47-45-43-41-39-37-34-16-14-12-10-8-6-4-2)50-74-62-60(73)58(71)61(54(49-66)76-62)77-63-59(72)57(70)56(69)53(48-65)75-63/h8,10,14,16,31-32,36,38,44,46,51-54,56-63,65-67,69-73H,3-7,9,11-13,15,17-30,33-35,37,39-43,45,47-50H2,1-2H3,(H,64,68)/b10-8-,16-14-,32-31+,38-36+,46-44+. The van der Waals surface area contributed by atoms with Gasteiger partial charge in [0.05, 0.1) is 32.0 Å². The molecule has 14 nitrogen and oxygen atoms in total. The van der Waals surface area contributed by atoms with Crippen molar-refractivity contribution in [2.45, 2.75) is 312 Å². The van der Waals surface area contributed by atoms with Crippen LogP contribution in [0.4, 0.5) is 0 Å². The van der Waals surface area contributed by atoms with E-state index in [0.717, 1.165) is 77.0 Å². The minimum absolute atomic E-state index is 0.251. The third-order valence-electron chi connectivity index (χ3n) is 14.9. The molecule has 14 heteroatoms. The maximum atomic E-state index is 13.2.